The molecule has 3 aromatic heterocycles. The fourth-order valence-electron chi connectivity index (χ4n) is 4.71. The molecule has 0 unspecified atom stereocenters. The molecule has 6 heteroatoms. The quantitative estimate of drug-likeness (QED) is 0.655. The molecular formula is C22H31N5O. The standard InChI is InChI=1S/C22H31N5O/c1-3-8-27(9-10-28)19-6-4-16(5-7-19)17-11-20-21(14-24-22(20)23-12-17)18-13-25-26(2)15-18/h11-16,19,28H,3-10H2,1-2H3,(H,23,24). The van der Waals surface area contributed by atoms with Crippen LogP contribution < -0.4 is 0 Å². The highest BCUT2D eigenvalue weighted by Gasteiger charge is 2.26. The summed E-state index contributed by atoms with van der Waals surface area (Å²) >= 11 is 0. The van der Waals surface area contributed by atoms with Crippen molar-refractivity contribution in [2.24, 2.45) is 7.05 Å². The van der Waals surface area contributed by atoms with E-state index in [-0.39, 0.29) is 6.61 Å². The topological polar surface area (TPSA) is 70.0 Å². The first-order chi connectivity index (χ1) is 13.7. The van der Waals surface area contributed by atoms with E-state index in [1.54, 1.807) is 0 Å². The van der Waals surface area contributed by atoms with Crippen molar-refractivity contribution in [2.45, 2.75) is 51.0 Å². The Kier molecular flexibility index (Phi) is 5.78. The lowest BCUT2D eigenvalue weighted by atomic mass is 9.81. The lowest BCUT2D eigenvalue weighted by molar-refractivity contribution is 0.119. The molecule has 28 heavy (non-hydrogen) atoms. The summed E-state index contributed by atoms with van der Waals surface area (Å²) in [6, 6.07) is 2.93. The van der Waals surface area contributed by atoms with E-state index < -0.39 is 0 Å². The summed E-state index contributed by atoms with van der Waals surface area (Å²) in [6.07, 6.45) is 14.0. The number of aliphatic hydroxyl groups excluding tert-OH is 1. The molecule has 4 rings (SSSR count). The highest BCUT2D eigenvalue weighted by Crippen LogP contribution is 2.37. The molecule has 0 amide bonds. The Morgan fingerprint density at radius 2 is 2.04 bits per heavy atom. The number of nitrogens with zero attached hydrogens (tertiary/aromatic N) is 4. The molecule has 0 bridgehead atoms. The Morgan fingerprint density at radius 1 is 1.21 bits per heavy atom. The van der Waals surface area contributed by atoms with E-state index in [1.165, 1.54) is 42.2 Å². The van der Waals surface area contributed by atoms with Gasteiger partial charge in [-0.2, -0.15) is 5.10 Å². The number of hydrogen-bond donors (Lipinski definition) is 2. The fraction of sp³-hybridized carbons (Fsp3) is 0.545. The zero-order valence-corrected chi connectivity index (χ0v) is 16.9. The second-order valence-electron chi connectivity index (χ2n) is 8.03. The molecule has 150 valence electrons. The van der Waals surface area contributed by atoms with E-state index in [9.17, 15) is 5.11 Å². The van der Waals surface area contributed by atoms with Gasteiger partial charge in [-0.05, 0) is 56.2 Å². The van der Waals surface area contributed by atoms with Crippen LogP contribution in [0.25, 0.3) is 22.2 Å². The molecule has 3 heterocycles. The van der Waals surface area contributed by atoms with E-state index in [4.69, 9.17) is 4.98 Å². The highest BCUT2D eigenvalue weighted by molar-refractivity contribution is 5.93. The molecule has 1 fully saturated rings. The van der Waals surface area contributed by atoms with Crippen molar-refractivity contribution in [3.63, 3.8) is 0 Å². The maximum atomic E-state index is 9.37. The third-order valence-corrected chi connectivity index (χ3v) is 6.15. The molecule has 2 N–H and O–H groups in total. The molecule has 1 aliphatic carbocycles. The average molecular weight is 382 g/mol. The summed E-state index contributed by atoms with van der Waals surface area (Å²) in [4.78, 5) is 10.5. The van der Waals surface area contributed by atoms with Gasteiger partial charge in [-0.3, -0.25) is 9.58 Å². The highest BCUT2D eigenvalue weighted by atomic mass is 16.3. The first-order valence-electron chi connectivity index (χ1n) is 10.5. The molecule has 6 nitrogen and oxygen atoms in total. The van der Waals surface area contributed by atoms with Gasteiger partial charge in [0.2, 0.25) is 0 Å². The van der Waals surface area contributed by atoms with Gasteiger partial charge in [0.1, 0.15) is 5.65 Å². The summed E-state index contributed by atoms with van der Waals surface area (Å²) in [6.45, 7) is 4.36. The van der Waals surface area contributed by atoms with Crippen LogP contribution in [0.15, 0.2) is 30.9 Å². The lowest BCUT2D eigenvalue weighted by Gasteiger charge is -2.36. The van der Waals surface area contributed by atoms with Gasteiger partial charge in [0.05, 0.1) is 12.8 Å². The molecule has 0 aromatic carbocycles. The number of aliphatic hydroxyl groups is 1. The summed E-state index contributed by atoms with van der Waals surface area (Å²) in [5, 5.41) is 14.9. The van der Waals surface area contributed by atoms with Crippen molar-refractivity contribution in [2.75, 3.05) is 19.7 Å². The zero-order valence-electron chi connectivity index (χ0n) is 16.9. The van der Waals surface area contributed by atoms with Gasteiger partial charge in [-0.1, -0.05) is 6.92 Å². The summed E-state index contributed by atoms with van der Waals surface area (Å²) in [5.41, 5.74) is 4.58. The van der Waals surface area contributed by atoms with Crippen LogP contribution in [0.2, 0.25) is 0 Å². The van der Waals surface area contributed by atoms with Gasteiger partial charge in [-0.15, -0.1) is 0 Å². The Labute approximate surface area is 166 Å². The van der Waals surface area contributed by atoms with Crippen LogP contribution in [0.4, 0.5) is 0 Å². The average Bonchev–Trinajstić information content (AvgIpc) is 3.33. The number of pyridine rings is 1. The van der Waals surface area contributed by atoms with E-state index in [2.05, 4.69) is 28.0 Å². The molecular weight excluding hydrogens is 350 g/mol. The van der Waals surface area contributed by atoms with E-state index in [0.717, 1.165) is 30.7 Å². The zero-order chi connectivity index (χ0) is 19.5. The van der Waals surface area contributed by atoms with Gasteiger partial charge in [0.15, 0.2) is 0 Å². The monoisotopic (exact) mass is 381 g/mol. The van der Waals surface area contributed by atoms with Gasteiger partial charge in [0, 0.05) is 54.7 Å². The van der Waals surface area contributed by atoms with Crippen LogP contribution in [-0.2, 0) is 7.05 Å². The summed E-state index contributed by atoms with van der Waals surface area (Å²) in [7, 11) is 1.94. The van der Waals surface area contributed by atoms with E-state index in [1.807, 2.05) is 36.5 Å². The number of H-pyrrole nitrogens is 1. The molecule has 1 saturated carbocycles. The second kappa shape index (κ2) is 8.45. The lowest BCUT2D eigenvalue weighted by Crippen LogP contribution is -2.40. The van der Waals surface area contributed by atoms with Crippen LogP contribution >= 0.6 is 0 Å². The number of nitrogens with one attached hydrogen (secondary N) is 1. The smallest absolute Gasteiger partial charge is 0.137 e. The maximum Gasteiger partial charge on any atom is 0.137 e. The van der Waals surface area contributed by atoms with Crippen molar-refractivity contribution in [3.05, 3.63) is 36.4 Å². The number of aromatic nitrogens is 4. The fourth-order valence-corrected chi connectivity index (χ4v) is 4.71. The van der Waals surface area contributed by atoms with E-state index >= 15 is 0 Å². The first kappa shape index (κ1) is 19.2. The third-order valence-electron chi connectivity index (χ3n) is 6.15. The van der Waals surface area contributed by atoms with Crippen molar-refractivity contribution in [3.8, 4) is 11.1 Å². The Bertz CT molecular complexity index is 901. The van der Waals surface area contributed by atoms with Gasteiger partial charge < -0.3 is 10.1 Å². The van der Waals surface area contributed by atoms with Gasteiger partial charge in [0.25, 0.3) is 0 Å². The van der Waals surface area contributed by atoms with Crippen molar-refractivity contribution < 1.29 is 5.11 Å². The van der Waals surface area contributed by atoms with Crippen molar-refractivity contribution >= 4 is 11.0 Å². The minimum atomic E-state index is 0.255. The maximum absolute atomic E-state index is 9.37. The minimum absolute atomic E-state index is 0.255. The Hall–Kier alpha value is -2.18. The summed E-state index contributed by atoms with van der Waals surface area (Å²) < 4.78 is 1.83. The van der Waals surface area contributed by atoms with Crippen LogP contribution in [0.5, 0.6) is 0 Å². The number of aryl methyl sites for hydroxylation is 1. The predicted molar refractivity (Wildman–Crippen MR) is 112 cm³/mol. The van der Waals surface area contributed by atoms with Crippen LogP contribution in [0, 0.1) is 0 Å². The van der Waals surface area contributed by atoms with Crippen LogP contribution in [-0.4, -0.2) is 55.5 Å². The molecule has 0 spiro atoms. The Balaban J connectivity index is 1.51. The molecule has 3 aromatic rings. The SMILES string of the molecule is CCCN(CCO)C1CCC(c2cnc3[nH]cc(-c4cnn(C)c4)c3c2)CC1. The van der Waals surface area contributed by atoms with Crippen LogP contribution in [0.3, 0.4) is 0 Å². The molecule has 0 radical (unpaired) electrons. The van der Waals surface area contributed by atoms with Crippen LogP contribution in [0.1, 0.15) is 50.5 Å². The van der Waals surface area contributed by atoms with E-state index in [0.29, 0.717) is 12.0 Å². The Morgan fingerprint density at radius 3 is 2.71 bits per heavy atom. The van der Waals surface area contributed by atoms with Gasteiger partial charge in [-0.25, -0.2) is 4.98 Å². The second-order valence-corrected chi connectivity index (χ2v) is 8.03. The molecule has 0 saturated heterocycles. The third kappa shape index (κ3) is 3.84. The number of rotatable bonds is 7. The van der Waals surface area contributed by atoms with Crippen molar-refractivity contribution in [1.82, 2.24) is 24.6 Å². The number of fused-ring (bicyclic) bond motifs is 1. The molecule has 0 atom stereocenters. The van der Waals surface area contributed by atoms with Gasteiger partial charge >= 0.3 is 0 Å². The largest absolute Gasteiger partial charge is 0.395 e. The number of hydrogen-bond acceptors (Lipinski definition) is 4. The predicted octanol–water partition coefficient (Wildman–Crippen LogP) is 3.69. The molecule has 1 aliphatic rings. The molecule has 0 aliphatic heterocycles. The number of aromatic amines is 1. The first-order valence-corrected chi connectivity index (χ1v) is 10.5. The summed E-state index contributed by atoms with van der Waals surface area (Å²) in [5.74, 6) is 0.572. The van der Waals surface area contributed by atoms with Crippen molar-refractivity contribution in [1.29, 1.82) is 0 Å². The normalized spacial score (nSPS) is 20.3. The minimum Gasteiger partial charge on any atom is -0.395 e.